The number of nitrogens with two attached hydrogens (primary N) is 1. The van der Waals surface area contributed by atoms with E-state index in [-0.39, 0.29) is 54.7 Å². The number of methoxy groups -OCH3 is 1. The summed E-state index contributed by atoms with van der Waals surface area (Å²) in [6.45, 7) is 7.61. The van der Waals surface area contributed by atoms with E-state index in [0.717, 1.165) is 45.4 Å². The van der Waals surface area contributed by atoms with Crippen molar-refractivity contribution in [3.63, 3.8) is 0 Å². The maximum absolute atomic E-state index is 13.6. The summed E-state index contributed by atoms with van der Waals surface area (Å²) in [6, 6.07) is 19.0. The van der Waals surface area contributed by atoms with Crippen molar-refractivity contribution in [1.29, 1.82) is 0 Å². The lowest BCUT2D eigenvalue weighted by Crippen LogP contribution is -2.47. The van der Waals surface area contributed by atoms with Crippen LogP contribution in [-0.2, 0) is 4.79 Å². The largest absolute Gasteiger partial charge is 0.495 e. The monoisotopic (exact) mass is 731 g/mol. The van der Waals surface area contributed by atoms with Crippen molar-refractivity contribution in [3.05, 3.63) is 77.9 Å². The van der Waals surface area contributed by atoms with Crippen LogP contribution in [0.3, 0.4) is 0 Å². The minimum absolute atomic E-state index is 0. The molecule has 274 valence electrons. The molecule has 0 radical (unpaired) electrons. The maximum atomic E-state index is 13.6. The number of para-hydroxylation sites is 3. The second-order valence-corrected chi connectivity index (χ2v) is 12.2. The third-order valence-electron chi connectivity index (χ3n) is 8.56. The molecule has 3 amide bonds. The first-order chi connectivity index (χ1) is 23.1. The number of hydrogen-bond acceptors (Lipinski definition) is 8. The van der Waals surface area contributed by atoms with Gasteiger partial charge in [0, 0.05) is 51.3 Å². The number of benzene rings is 3. The van der Waals surface area contributed by atoms with E-state index in [0.29, 0.717) is 52.8 Å². The van der Waals surface area contributed by atoms with Crippen LogP contribution < -0.4 is 30.2 Å². The summed E-state index contributed by atoms with van der Waals surface area (Å²) >= 11 is 0. The van der Waals surface area contributed by atoms with Crippen LogP contribution in [0.25, 0.3) is 0 Å². The molecule has 0 spiro atoms. The average Bonchev–Trinajstić information content (AvgIpc) is 3.09. The molecule has 3 aromatic rings. The molecule has 0 aromatic heterocycles. The van der Waals surface area contributed by atoms with Crippen LogP contribution in [0.5, 0.6) is 17.2 Å². The van der Waals surface area contributed by atoms with Gasteiger partial charge < -0.3 is 40.0 Å². The zero-order valence-electron chi connectivity index (χ0n) is 29.6. The fourth-order valence-electron chi connectivity index (χ4n) is 5.29. The number of rotatable bonds is 15. The number of nitrogens with zero attached hydrogens (tertiary/aromatic N) is 3. The summed E-state index contributed by atoms with van der Waals surface area (Å²) in [7, 11) is 5.25. The molecule has 3 N–H and O–H groups in total. The van der Waals surface area contributed by atoms with Gasteiger partial charge in [-0.2, -0.15) is 0 Å². The molecule has 2 atom stereocenters. The Labute approximate surface area is 308 Å². The van der Waals surface area contributed by atoms with Crippen molar-refractivity contribution in [2.24, 2.45) is 5.73 Å². The second kappa shape index (κ2) is 20.6. The van der Waals surface area contributed by atoms with Gasteiger partial charge in [-0.3, -0.25) is 14.4 Å². The van der Waals surface area contributed by atoms with Crippen LogP contribution in [0, 0.1) is 0 Å². The molecule has 50 heavy (non-hydrogen) atoms. The van der Waals surface area contributed by atoms with Crippen LogP contribution in [0.4, 0.5) is 11.4 Å². The molecule has 13 heteroatoms. The van der Waals surface area contributed by atoms with E-state index in [4.69, 9.17) is 19.9 Å². The molecular weight excluding hydrogens is 681 g/mol. The van der Waals surface area contributed by atoms with Crippen molar-refractivity contribution >= 4 is 53.9 Å². The lowest BCUT2D eigenvalue weighted by molar-refractivity contribution is -0.132. The highest BCUT2D eigenvalue weighted by atomic mass is 35.5. The number of unbranched alkanes of at least 4 members (excludes halogenated alkanes) is 2. The first-order valence-corrected chi connectivity index (χ1v) is 16.6. The molecule has 0 saturated carbocycles. The van der Waals surface area contributed by atoms with E-state index in [9.17, 15) is 14.4 Å². The zero-order chi connectivity index (χ0) is 34.6. The molecule has 1 heterocycles. The van der Waals surface area contributed by atoms with Crippen LogP contribution in [-0.4, -0.2) is 93.7 Å². The Morgan fingerprint density at radius 2 is 1.54 bits per heavy atom. The SMILES string of the molecule is COc1cc(C(=O)N(C)c2ccccc2OCCCCCC(=O)N2CCN(C)CC2)ccc1NC(=O)c1ccccc1O[C@H](C)C(C)N.Cl.Cl. The molecule has 0 aliphatic carbocycles. The van der Waals surface area contributed by atoms with Crippen LogP contribution >= 0.6 is 24.8 Å². The summed E-state index contributed by atoms with van der Waals surface area (Å²) in [5.74, 6) is 0.920. The number of ether oxygens (including phenoxy) is 3. The molecule has 0 bridgehead atoms. The molecule has 1 saturated heterocycles. The molecule has 1 fully saturated rings. The highest BCUT2D eigenvalue weighted by Crippen LogP contribution is 2.32. The number of amides is 3. The Kier molecular flexibility index (Phi) is 17.4. The number of halogens is 2. The Morgan fingerprint density at radius 1 is 0.880 bits per heavy atom. The lowest BCUT2D eigenvalue weighted by Gasteiger charge is -2.32. The van der Waals surface area contributed by atoms with Gasteiger partial charge in [0.05, 0.1) is 30.7 Å². The predicted octanol–water partition coefficient (Wildman–Crippen LogP) is 5.90. The maximum Gasteiger partial charge on any atom is 0.259 e. The molecule has 4 rings (SSSR count). The summed E-state index contributed by atoms with van der Waals surface area (Å²) < 4.78 is 17.6. The van der Waals surface area contributed by atoms with Gasteiger partial charge in [-0.05, 0) is 82.6 Å². The number of nitrogens with one attached hydrogen (secondary N) is 1. The fraction of sp³-hybridized carbons (Fsp3) is 0.432. The zero-order valence-corrected chi connectivity index (χ0v) is 31.2. The minimum Gasteiger partial charge on any atom is -0.495 e. The standard InChI is InChI=1S/C37H49N5O6.2ClH/c1-26(38)27(2)48-32-15-10-8-13-29(32)36(44)39-30-19-18-28(25-34(30)46-5)37(45)41(4)31-14-9-11-16-33(31)47-24-12-6-7-17-35(43)42-22-20-40(3)21-23-42;;/h8-11,13-16,18-19,25-27H,6-7,12,17,20-24,38H2,1-5H3,(H,39,44);2*1H/t26?,27-;;/m1../s1. The number of carbonyl (C=O) groups excluding carboxylic acids is 3. The highest BCUT2D eigenvalue weighted by Gasteiger charge is 2.22. The summed E-state index contributed by atoms with van der Waals surface area (Å²) in [6.07, 6.45) is 2.76. The van der Waals surface area contributed by atoms with Gasteiger partial charge in [-0.25, -0.2) is 0 Å². The molecule has 1 unspecified atom stereocenters. The van der Waals surface area contributed by atoms with Crippen molar-refractivity contribution in [2.45, 2.75) is 51.7 Å². The van der Waals surface area contributed by atoms with Crippen molar-refractivity contribution in [1.82, 2.24) is 9.80 Å². The molecule has 3 aromatic carbocycles. The van der Waals surface area contributed by atoms with E-state index >= 15 is 0 Å². The number of carbonyl (C=O) groups is 3. The number of likely N-dealkylation sites (N-methyl/N-ethyl adjacent to an activating group) is 1. The first kappa shape index (κ1) is 42.1. The predicted molar refractivity (Wildman–Crippen MR) is 203 cm³/mol. The lowest BCUT2D eigenvalue weighted by atomic mass is 10.1. The van der Waals surface area contributed by atoms with Crippen LogP contribution in [0.1, 0.15) is 60.2 Å². The Balaban J connectivity index is 0.00000433. The van der Waals surface area contributed by atoms with E-state index in [1.165, 1.54) is 12.0 Å². The van der Waals surface area contributed by atoms with Gasteiger partial charge in [0.2, 0.25) is 5.91 Å². The first-order valence-electron chi connectivity index (χ1n) is 16.6. The van der Waals surface area contributed by atoms with E-state index < -0.39 is 0 Å². The van der Waals surface area contributed by atoms with Crippen LogP contribution in [0.2, 0.25) is 0 Å². The van der Waals surface area contributed by atoms with Gasteiger partial charge in [0.25, 0.3) is 11.8 Å². The third-order valence-corrected chi connectivity index (χ3v) is 8.56. The number of piperazine rings is 1. The summed E-state index contributed by atoms with van der Waals surface area (Å²) in [5, 5.41) is 2.88. The smallest absolute Gasteiger partial charge is 0.259 e. The number of anilines is 2. The topological polar surface area (TPSA) is 127 Å². The second-order valence-electron chi connectivity index (χ2n) is 12.2. The van der Waals surface area contributed by atoms with E-state index in [2.05, 4.69) is 17.3 Å². The van der Waals surface area contributed by atoms with Gasteiger partial charge in [-0.15, -0.1) is 24.8 Å². The minimum atomic E-state index is -0.385. The molecular formula is C37H51Cl2N5O6. The van der Waals surface area contributed by atoms with Gasteiger partial charge >= 0.3 is 0 Å². The third kappa shape index (κ3) is 11.5. The van der Waals surface area contributed by atoms with Crippen molar-refractivity contribution < 1.29 is 28.6 Å². The fourth-order valence-corrected chi connectivity index (χ4v) is 5.29. The quantitative estimate of drug-likeness (QED) is 0.185. The van der Waals surface area contributed by atoms with Gasteiger partial charge in [0.15, 0.2) is 0 Å². The molecule has 1 aliphatic heterocycles. The summed E-state index contributed by atoms with van der Waals surface area (Å²) in [5.41, 5.74) is 7.71. The Hall–Kier alpha value is -4.03. The molecule has 1 aliphatic rings. The Morgan fingerprint density at radius 3 is 2.22 bits per heavy atom. The van der Waals surface area contributed by atoms with Crippen molar-refractivity contribution in [2.75, 3.05) is 64.2 Å². The van der Waals surface area contributed by atoms with Crippen LogP contribution in [0.15, 0.2) is 66.7 Å². The van der Waals surface area contributed by atoms with Gasteiger partial charge in [-0.1, -0.05) is 24.3 Å². The molecule has 11 nitrogen and oxygen atoms in total. The normalized spacial score (nSPS) is 13.9. The Bertz CT molecular complexity index is 1550. The average molecular weight is 733 g/mol. The highest BCUT2D eigenvalue weighted by molar-refractivity contribution is 6.09. The summed E-state index contributed by atoms with van der Waals surface area (Å²) in [4.78, 5) is 45.1. The van der Waals surface area contributed by atoms with Gasteiger partial charge in [0.1, 0.15) is 23.4 Å². The number of hydrogen-bond donors (Lipinski definition) is 2. The van der Waals surface area contributed by atoms with Crippen molar-refractivity contribution in [3.8, 4) is 17.2 Å². The van der Waals surface area contributed by atoms with E-state index in [1.54, 1.807) is 49.5 Å². The van der Waals surface area contributed by atoms with E-state index in [1.807, 2.05) is 43.0 Å².